The lowest BCUT2D eigenvalue weighted by atomic mass is 9.89. The number of piperidine rings is 1. The minimum atomic E-state index is -0.420. The van der Waals surface area contributed by atoms with Crippen LogP contribution in [0, 0.1) is 0 Å². The Morgan fingerprint density at radius 3 is 2.89 bits per heavy atom. The maximum absolute atomic E-state index is 12.4. The third-order valence-corrected chi connectivity index (χ3v) is 3.89. The fourth-order valence-electron chi connectivity index (χ4n) is 2.40. The summed E-state index contributed by atoms with van der Waals surface area (Å²) in [6, 6.07) is 3.72. The minimum absolute atomic E-state index is 0.134. The number of hydrogen-bond acceptors (Lipinski definition) is 3. The SMILES string of the molecule is CN(Cc1ccc(Br)o1)C(=O)C1(C)CCCCN1. The second kappa shape index (κ2) is 5.45. The van der Waals surface area contributed by atoms with Gasteiger partial charge in [-0.05, 0) is 60.8 Å². The predicted molar refractivity (Wildman–Crippen MR) is 73.1 cm³/mol. The van der Waals surface area contributed by atoms with Crippen LogP contribution in [0.1, 0.15) is 31.9 Å². The molecule has 5 heteroatoms. The van der Waals surface area contributed by atoms with Crippen molar-refractivity contribution in [2.45, 2.75) is 38.3 Å². The Morgan fingerprint density at radius 2 is 2.33 bits per heavy atom. The van der Waals surface area contributed by atoms with E-state index >= 15 is 0 Å². The third-order valence-electron chi connectivity index (χ3n) is 3.46. The van der Waals surface area contributed by atoms with E-state index in [4.69, 9.17) is 4.42 Å². The summed E-state index contributed by atoms with van der Waals surface area (Å²) in [5.41, 5.74) is -0.420. The Balaban J connectivity index is 1.99. The molecule has 18 heavy (non-hydrogen) atoms. The van der Waals surface area contributed by atoms with Gasteiger partial charge in [-0.3, -0.25) is 4.79 Å². The maximum Gasteiger partial charge on any atom is 0.242 e. The number of rotatable bonds is 3. The molecule has 1 aromatic heterocycles. The third kappa shape index (κ3) is 2.95. The van der Waals surface area contributed by atoms with Gasteiger partial charge in [0.05, 0.1) is 12.1 Å². The highest BCUT2D eigenvalue weighted by Gasteiger charge is 2.36. The van der Waals surface area contributed by atoms with Gasteiger partial charge in [0.2, 0.25) is 5.91 Å². The van der Waals surface area contributed by atoms with E-state index in [9.17, 15) is 4.79 Å². The molecule has 2 rings (SSSR count). The van der Waals surface area contributed by atoms with Crippen molar-refractivity contribution in [3.05, 3.63) is 22.6 Å². The van der Waals surface area contributed by atoms with Crippen molar-refractivity contribution in [2.24, 2.45) is 0 Å². The van der Waals surface area contributed by atoms with Crippen molar-refractivity contribution >= 4 is 21.8 Å². The van der Waals surface area contributed by atoms with Gasteiger partial charge >= 0.3 is 0 Å². The van der Waals surface area contributed by atoms with Crippen molar-refractivity contribution in [1.82, 2.24) is 10.2 Å². The average molecular weight is 315 g/mol. The largest absolute Gasteiger partial charge is 0.452 e. The number of carbonyl (C=O) groups is 1. The summed E-state index contributed by atoms with van der Waals surface area (Å²) >= 11 is 3.26. The van der Waals surface area contributed by atoms with Gasteiger partial charge in [0, 0.05) is 7.05 Å². The van der Waals surface area contributed by atoms with E-state index in [1.54, 1.807) is 4.90 Å². The lowest BCUT2D eigenvalue weighted by Gasteiger charge is -2.36. The van der Waals surface area contributed by atoms with E-state index in [0.29, 0.717) is 11.2 Å². The van der Waals surface area contributed by atoms with Crippen LogP contribution in [0.5, 0.6) is 0 Å². The van der Waals surface area contributed by atoms with E-state index in [1.807, 2.05) is 26.1 Å². The molecule has 2 heterocycles. The van der Waals surface area contributed by atoms with Crippen molar-refractivity contribution in [1.29, 1.82) is 0 Å². The van der Waals surface area contributed by atoms with E-state index in [-0.39, 0.29) is 5.91 Å². The second-order valence-corrected chi connectivity index (χ2v) is 5.86. The molecule has 1 aromatic rings. The van der Waals surface area contributed by atoms with Crippen LogP contribution in [-0.2, 0) is 11.3 Å². The molecule has 0 aliphatic carbocycles. The van der Waals surface area contributed by atoms with Crippen LogP contribution in [0.2, 0.25) is 0 Å². The normalized spacial score (nSPS) is 23.9. The molecule has 1 amide bonds. The van der Waals surface area contributed by atoms with Gasteiger partial charge in [-0.2, -0.15) is 0 Å². The Morgan fingerprint density at radius 1 is 1.56 bits per heavy atom. The summed E-state index contributed by atoms with van der Waals surface area (Å²) in [5, 5.41) is 3.34. The van der Waals surface area contributed by atoms with Gasteiger partial charge < -0.3 is 14.6 Å². The molecule has 0 saturated carbocycles. The number of furan rings is 1. The van der Waals surface area contributed by atoms with Crippen LogP contribution in [-0.4, -0.2) is 29.9 Å². The summed E-state index contributed by atoms with van der Waals surface area (Å²) in [7, 11) is 1.82. The van der Waals surface area contributed by atoms with Gasteiger partial charge in [0.15, 0.2) is 4.67 Å². The van der Waals surface area contributed by atoms with Gasteiger partial charge in [0.1, 0.15) is 5.76 Å². The van der Waals surface area contributed by atoms with Crippen molar-refractivity contribution in [3.63, 3.8) is 0 Å². The Bertz CT molecular complexity index is 424. The predicted octanol–water partition coefficient (Wildman–Crippen LogP) is 2.53. The molecular weight excluding hydrogens is 296 g/mol. The first kappa shape index (κ1) is 13.6. The lowest BCUT2D eigenvalue weighted by Crippen LogP contribution is -2.57. The first-order valence-electron chi connectivity index (χ1n) is 6.26. The average Bonchev–Trinajstić information content (AvgIpc) is 2.74. The summed E-state index contributed by atoms with van der Waals surface area (Å²) in [4.78, 5) is 14.2. The lowest BCUT2D eigenvalue weighted by molar-refractivity contribution is -0.138. The smallest absolute Gasteiger partial charge is 0.242 e. The van der Waals surface area contributed by atoms with Crippen molar-refractivity contribution in [2.75, 3.05) is 13.6 Å². The van der Waals surface area contributed by atoms with Crippen LogP contribution in [0.25, 0.3) is 0 Å². The molecule has 4 nitrogen and oxygen atoms in total. The molecule has 0 radical (unpaired) electrons. The van der Waals surface area contributed by atoms with Crippen LogP contribution in [0.3, 0.4) is 0 Å². The zero-order chi connectivity index (χ0) is 13.2. The standard InChI is InChI=1S/C13H19BrN2O2/c1-13(7-3-4-8-15-13)12(17)16(2)9-10-5-6-11(14)18-10/h5-6,15H,3-4,7-9H2,1-2H3. The van der Waals surface area contributed by atoms with Crippen molar-refractivity contribution < 1.29 is 9.21 Å². The summed E-state index contributed by atoms with van der Waals surface area (Å²) < 4.78 is 6.12. The first-order chi connectivity index (χ1) is 8.51. The number of amides is 1. The van der Waals surface area contributed by atoms with E-state index in [1.165, 1.54) is 0 Å². The second-order valence-electron chi connectivity index (χ2n) is 5.08. The number of carbonyl (C=O) groups excluding carboxylic acids is 1. The molecule has 1 N–H and O–H groups in total. The first-order valence-corrected chi connectivity index (χ1v) is 7.05. The topological polar surface area (TPSA) is 45.5 Å². The molecule has 1 aliphatic rings. The fourth-order valence-corrected chi connectivity index (χ4v) is 2.74. The van der Waals surface area contributed by atoms with E-state index < -0.39 is 5.54 Å². The number of likely N-dealkylation sites (N-methyl/N-ethyl adjacent to an activating group) is 1. The Hall–Kier alpha value is -0.810. The number of nitrogens with zero attached hydrogens (tertiary/aromatic N) is 1. The highest BCUT2D eigenvalue weighted by molar-refractivity contribution is 9.10. The quantitative estimate of drug-likeness (QED) is 0.932. The maximum atomic E-state index is 12.4. The minimum Gasteiger partial charge on any atom is -0.452 e. The zero-order valence-electron chi connectivity index (χ0n) is 10.8. The van der Waals surface area contributed by atoms with Crippen LogP contribution >= 0.6 is 15.9 Å². The van der Waals surface area contributed by atoms with E-state index in [2.05, 4.69) is 21.2 Å². The molecule has 1 unspecified atom stereocenters. The van der Waals surface area contributed by atoms with Crippen LogP contribution in [0.15, 0.2) is 21.2 Å². The fraction of sp³-hybridized carbons (Fsp3) is 0.615. The van der Waals surface area contributed by atoms with Crippen LogP contribution in [0.4, 0.5) is 0 Å². The zero-order valence-corrected chi connectivity index (χ0v) is 12.4. The van der Waals surface area contributed by atoms with Gasteiger partial charge in [0.25, 0.3) is 0 Å². The van der Waals surface area contributed by atoms with E-state index in [0.717, 1.165) is 31.6 Å². The highest BCUT2D eigenvalue weighted by Crippen LogP contribution is 2.22. The number of halogens is 1. The molecular formula is C13H19BrN2O2. The van der Waals surface area contributed by atoms with Gasteiger partial charge in [-0.25, -0.2) is 0 Å². The molecule has 1 aliphatic heterocycles. The molecule has 1 atom stereocenters. The Labute approximate surface area is 116 Å². The molecule has 0 spiro atoms. The molecule has 1 fully saturated rings. The summed E-state index contributed by atoms with van der Waals surface area (Å²) in [6.07, 6.45) is 3.16. The highest BCUT2D eigenvalue weighted by atomic mass is 79.9. The molecule has 100 valence electrons. The Kier molecular flexibility index (Phi) is 4.12. The number of nitrogens with one attached hydrogen (secondary N) is 1. The summed E-state index contributed by atoms with van der Waals surface area (Å²) in [6.45, 7) is 3.41. The monoisotopic (exact) mass is 314 g/mol. The summed E-state index contributed by atoms with van der Waals surface area (Å²) in [5.74, 6) is 0.923. The van der Waals surface area contributed by atoms with Gasteiger partial charge in [-0.15, -0.1) is 0 Å². The molecule has 1 saturated heterocycles. The van der Waals surface area contributed by atoms with Crippen LogP contribution < -0.4 is 5.32 Å². The number of hydrogen-bond donors (Lipinski definition) is 1. The molecule has 0 bridgehead atoms. The van der Waals surface area contributed by atoms with Gasteiger partial charge in [-0.1, -0.05) is 0 Å². The van der Waals surface area contributed by atoms with Crippen molar-refractivity contribution in [3.8, 4) is 0 Å². The molecule has 0 aromatic carbocycles.